The predicted octanol–water partition coefficient (Wildman–Crippen LogP) is 4.74. The van der Waals surface area contributed by atoms with Crippen molar-refractivity contribution in [2.75, 3.05) is 18.1 Å². The lowest BCUT2D eigenvalue weighted by Gasteiger charge is -2.21. The number of aromatic nitrogens is 1. The number of benzene rings is 1. The van der Waals surface area contributed by atoms with Crippen molar-refractivity contribution in [3.05, 3.63) is 57.9 Å². The molecule has 1 aromatic heterocycles. The lowest BCUT2D eigenvalue weighted by molar-refractivity contribution is 0.0473. The van der Waals surface area contributed by atoms with Crippen LogP contribution in [-0.4, -0.2) is 40.6 Å². The van der Waals surface area contributed by atoms with E-state index >= 15 is 0 Å². The number of hydrogen-bond donors (Lipinski definition) is 1. The molecule has 1 aliphatic heterocycles. The quantitative estimate of drug-likeness (QED) is 0.540. The SMILES string of the molecule is CC(=O)c1c(C)[nH]c(C(=O)COC(=O)c2ccc(C3SCCCS3)cc2)c1C. The van der Waals surface area contributed by atoms with Gasteiger partial charge in [0.25, 0.3) is 0 Å². The highest BCUT2D eigenvalue weighted by atomic mass is 32.2. The number of aryl methyl sites for hydroxylation is 1. The highest BCUT2D eigenvalue weighted by Gasteiger charge is 2.21. The molecule has 1 fully saturated rings. The number of aromatic amines is 1. The largest absolute Gasteiger partial charge is 0.454 e. The van der Waals surface area contributed by atoms with Crippen molar-refractivity contribution in [3.63, 3.8) is 0 Å². The zero-order valence-electron chi connectivity index (χ0n) is 16.2. The summed E-state index contributed by atoms with van der Waals surface area (Å²) in [5, 5.41) is 0. The summed E-state index contributed by atoms with van der Waals surface area (Å²) in [5.41, 5.74) is 3.69. The van der Waals surface area contributed by atoms with Gasteiger partial charge in [-0.25, -0.2) is 4.79 Å². The second-order valence-corrected chi connectivity index (χ2v) is 9.45. The number of carbonyl (C=O) groups excluding carboxylic acids is 3. The molecule has 0 bridgehead atoms. The number of ketones is 2. The Bertz CT molecular complexity index is 896. The van der Waals surface area contributed by atoms with Gasteiger partial charge in [0, 0.05) is 11.3 Å². The van der Waals surface area contributed by atoms with Crippen molar-refractivity contribution in [2.24, 2.45) is 0 Å². The lowest BCUT2D eigenvalue weighted by atomic mass is 10.1. The summed E-state index contributed by atoms with van der Waals surface area (Å²) in [6.07, 6.45) is 1.23. The van der Waals surface area contributed by atoms with Gasteiger partial charge in [-0.3, -0.25) is 9.59 Å². The van der Waals surface area contributed by atoms with Gasteiger partial charge >= 0.3 is 5.97 Å². The lowest BCUT2D eigenvalue weighted by Crippen LogP contribution is -2.15. The molecule has 0 aliphatic carbocycles. The van der Waals surface area contributed by atoms with Crippen molar-refractivity contribution >= 4 is 41.1 Å². The third kappa shape index (κ3) is 4.52. The van der Waals surface area contributed by atoms with Crippen LogP contribution in [0.2, 0.25) is 0 Å². The van der Waals surface area contributed by atoms with E-state index in [1.807, 2.05) is 35.7 Å². The molecule has 148 valence electrons. The van der Waals surface area contributed by atoms with E-state index in [-0.39, 0.29) is 18.2 Å². The summed E-state index contributed by atoms with van der Waals surface area (Å²) in [6, 6.07) is 7.39. The average molecular weight is 418 g/mol. The molecule has 2 heterocycles. The Morgan fingerprint density at radius 1 is 1.11 bits per heavy atom. The molecule has 0 spiro atoms. The van der Waals surface area contributed by atoms with E-state index in [9.17, 15) is 14.4 Å². The van der Waals surface area contributed by atoms with Crippen LogP contribution in [0.1, 0.15) is 66.0 Å². The van der Waals surface area contributed by atoms with Crippen LogP contribution in [0.5, 0.6) is 0 Å². The van der Waals surface area contributed by atoms with Crippen LogP contribution < -0.4 is 0 Å². The first-order chi connectivity index (χ1) is 13.4. The first kappa shape index (κ1) is 20.7. The molecule has 1 aromatic carbocycles. The van der Waals surface area contributed by atoms with Gasteiger partial charge in [-0.1, -0.05) is 12.1 Å². The summed E-state index contributed by atoms with van der Waals surface area (Å²) < 4.78 is 5.60. The second kappa shape index (κ2) is 9.01. The van der Waals surface area contributed by atoms with Crippen LogP contribution in [0.3, 0.4) is 0 Å². The summed E-state index contributed by atoms with van der Waals surface area (Å²) in [5.74, 6) is 1.33. The highest BCUT2D eigenvalue weighted by molar-refractivity contribution is 8.16. The van der Waals surface area contributed by atoms with Crippen LogP contribution in [0, 0.1) is 13.8 Å². The second-order valence-electron chi connectivity index (χ2n) is 6.73. The van der Waals surface area contributed by atoms with Crippen LogP contribution in [-0.2, 0) is 4.74 Å². The topological polar surface area (TPSA) is 76.2 Å². The van der Waals surface area contributed by atoms with Crippen LogP contribution in [0.25, 0.3) is 0 Å². The fourth-order valence-electron chi connectivity index (χ4n) is 3.30. The Kier molecular flexibility index (Phi) is 6.67. The van der Waals surface area contributed by atoms with Crippen molar-refractivity contribution < 1.29 is 19.1 Å². The number of nitrogens with one attached hydrogen (secondary N) is 1. The number of H-pyrrole nitrogens is 1. The first-order valence-corrected chi connectivity index (χ1v) is 11.2. The molecular formula is C21H23NO4S2. The van der Waals surface area contributed by atoms with Gasteiger partial charge in [0.1, 0.15) is 0 Å². The summed E-state index contributed by atoms with van der Waals surface area (Å²) in [6.45, 7) is 4.56. The fourth-order valence-corrected chi connectivity index (χ4v) is 6.19. The normalized spacial score (nSPS) is 14.7. The number of hydrogen-bond acceptors (Lipinski definition) is 6. The van der Waals surface area contributed by atoms with Crippen LogP contribution in [0.15, 0.2) is 24.3 Å². The molecule has 28 heavy (non-hydrogen) atoms. The van der Waals surface area contributed by atoms with Gasteiger partial charge in [-0.05, 0) is 62.0 Å². The monoisotopic (exact) mass is 417 g/mol. The molecule has 0 atom stereocenters. The molecular weight excluding hydrogens is 394 g/mol. The Morgan fingerprint density at radius 3 is 2.32 bits per heavy atom. The van der Waals surface area contributed by atoms with Crippen molar-refractivity contribution in [1.29, 1.82) is 0 Å². The number of rotatable bonds is 6. The molecule has 1 aliphatic rings. The van der Waals surface area contributed by atoms with Gasteiger partial charge in [-0.2, -0.15) is 0 Å². The van der Waals surface area contributed by atoms with Gasteiger partial charge in [0.05, 0.1) is 15.8 Å². The third-order valence-electron chi connectivity index (χ3n) is 4.65. The van der Waals surface area contributed by atoms with Gasteiger partial charge in [0.15, 0.2) is 12.4 Å². The minimum absolute atomic E-state index is 0.100. The first-order valence-electron chi connectivity index (χ1n) is 9.12. The number of ether oxygens (including phenoxy) is 1. The van der Waals surface area contributed by atoms with Gasteiger partial charge in [0.2, 0.25) is 5.78 Å². The summed E-state index contributed by atoms with van der Waals surface area (Å²) in [4.78, 5) is 39.3. The molecule has 7 heteroatoms. The molecule has 0 saturated carbocycles. The Balaban J connectivity index is 1.61. The Hall–Kier alpha value is -1.99. The smallest absolute Gasteiger partial charge is 0.338 e. The predicted molar refractivity (Wildman–Crippen MR) is 114 cm³/mol. The molecule has 2 aromatic rings. The van der Waals surface area contributed by atoms with E-state index in [1.165, 1.54) is 18.9 Å². The molecule has 1 saturated heterocycles. The highest BCUT2D eigenvalue weighted by Crippen LogP contribution is 2.43. The van der Waals surface area contributed by atoms with E-state index in [2.05, 4.69) is 4.98 Å². The molecule has 0 unspecified atom stereocenters. The number of Topliss-reactive ketones (excluding diaryl/α,β-unsaturated/α-hetero) is 2. The van der Waals surface area contributed by atoms with E-state index in [0.29, 0.717) is 32.7 Å². The van der Waals surface area contributed by atoms with E-state index in [4.69, 9.17) is 4.74 Å². The number of thioether (sulfide) groups is 2. The maximum absolute atomic E-state index is 12.4. The van der Waals surface area contributed by atoms with Crippen molar-refractivity contribution in [1.82, 2.24) is 4.98 Å². The van der Waals surface area contributed by atoms with Crippen molar-refractivity contribution in [3.8, 4) is 0 Å². The summed E-state index contributed by atoms with van der Waals surface area (Å²) in [7, 11) is 0. The Labute approximate surface area is 173 Å². The Morgan fingerprint density at radius 2 is 1.75 bits per heavy atom. The number of carbonyl (C=O) groups is 3. The van der Waals surface area contributed by atoms with E-state index in [1.54, 1.807) is 26.0 Å². The third-order valence-corrected chi connectivity index (χ3v) is 7.66. The van der Waals surface area contributed by atoms with Gasteiger partial charge in [-0.15, -0.1) is 23.5 Å². The molecule has 1 N–H and O–H groups in total. The van der Waals surface area contributed by atoms with Crippen LogP contribution >= 0.6 is 23.5 Å². The minimum Gasteiger partial charge on any atom is -0.454 e. The zero-order chi connectivity index (χ0) is 20.3. The average Bonchev–Trinajstić information content (AvgIpc) is 3.01. The fraction of sp³-hybridized carbons (Fsp3) is 0.381. The maximum atomic E-state index is 12.4. The molecule has 5 nitrogen and oxygen atoms in total. The maximum Gasteiger partial charge on any atom is 0.338 e. The molecule has 0 radical (unpaired) electrons. The standard InChI is InChI=1S/C21H23NO4S2/c1-12-18(14(3)23)13(2)22-19(12)17(24)11-26-20(25)15-5-7-16(8-6-15)21-27-9-4-10-28-21/h5-8,21-22H,4,9-11H2,1-3H3. The molecule has 0 amide bonds. The number of esters is 1. The van der Waals surface area contributed by atoms with Gasteiger partial charge < -0.3 is 9.72 Å². The zero-order valence-corrected chi connectivity index (χ0v) is 17.8. The van der Waals surface area contributed by atoms with E-state index < -0.39 is 5.97 Å². The summed E-state index contributed by atoms with van der Waals surface area (Å²) >= 11 is 3.85. The van der Waals surface area contributed by atoms with Crippen molar-refractivity contribution in [2.45, 2.75) is 31.8 Å². The molecule has 3 rings (SSSR count). The van der Waals surface area contributed by atoms with Crippen LogP contribution in [0.4, 0.5) is 0 Å². The minimum atomic E-state index is -0.531. The van der Waals surface area contributed by atoms with E-state index in [0.717, 1.165) is 11.5 Å².